The first-order valence-corrected chi connectivity index (χ1v) is 11.4. The van der Waals surface area contributed by atoms with Crippen LogP contribution in [0, 0.1) is 5.82 Å². The lowest BCUT2D eigenvalue weighted by Gasteiger charge is -2.07. The molecule has 1 N–H and O–H groups in total. The number of hydrogen-bond donors (Lipinski definition) is 1. The van der Waals surface area contributed by atoms with E-state index in [1.165, 1.54) is 17.4 Å². The van der Waals surface area contributed by atoms with Gasteiger partial charge in [0, 0.05) is 23.1 Å². The van der Waals surface area contributed by atoms with E-state index < -0.39 is 0 Å². The molecule has 0 saturated carbocycles. The number of phenols is 1. The monoisotopic (exact) mass is 447 g/mol. The smallest absolute Gasteiger partial charge is 0.206 e. The van der Waals surface area contributed by atoms with Gasteiger partial charge in [0.2, 0.25) is 4.80 Å². The molecule has 0 spiro atoms. The molecule has 0 bridgehead atoms. The van der Waals surface area contributed by atoms with Crippen LogP contribution in [-0.4, -0.2) is 35.3 Å². The Hall–Kier alpha value is -3.29. The van der Waals surface area contributed by atoms with Gasteiger partial charge in [-0.25, -0.2) is 9.07 Å². The van der Waals surface area contributed by atoms with E-state index in [9.17, 15) is 9.50 Å². The van der Waals surface area contributed by atoms with Crippen molar-refractivity contribution in [2.75, 3.05) is 13.2 Å². The number of aromatic nitrogens is 1. The third-order valence-electron chi connectivity index (χ3n) is 5.54. The first-order valence-electron chi connectivity index (χ1n) is 10.5. The minimum absolute atomic E-state index is 0.105. The Bertz CT molecular complexity index is 1350. The number of phenolic OH excluding ortho intramolecular Hbond substituents is 1. The average Bonchev–Trinajstić information content (AvgIpc) is 3.47. The molecule has 32 heavy (non-hydrogen) atoms. The van der Waals surface area contributed by atoms with Crippen LogP contribution in [0.3, 0.4) is 0 Å². The molecule has 0 radical (unpaired) electrons. The zero-order valence-electron chi connectivity index (χ0n) is 17.3. The zero-order valence-corrected chi connectivity index (χ0v) is 18.1. The molecule has 1 saturated heterocycles. The Morgan fingerprint density at radius 2 is 1.97 bits per heavy atom. The number of hydrogen-bond acceptors (Lipinski definition) is 5. The Balaban J connectivity index is 1.62. The molecule has 0 amide bonds. The number of ether oxygens (including phenoxy) is 1. The van der Waals surface area contributed by atoms with Gasteiger partial charge >= 0.3 is 0 Å². The van der Waals surface area contributed by atoms with Gasteiger partial charge in [-0.05, 0) is 41.8 Å². The number of benzene rings is 3. The van der Waals surface area contributed by atoms with E-state index >= 15 is 0 Å². The van der Waals surface area contributed by atoms with E-state index in [1.807, 2.05) is 35.7 Å². The molecule has 1 atom stereocenters. The van der Waals surface area contributed by atoms with Crippen LogP contribution in [0.2, 0.25) is 0 Å². The van der Waals surface area contributed by atoms with Crippen LogP contribution in [0.4, 0.5) is 4.39 Å². The molecule has 2 heterocycles. The maximum Gasteiger partial charge on any atom is 0.206 e. The van der Waals surface area contributed by atoms with Gasteiger partial charge in [0.1, 0.15) is 11.6 Å². The highest BCUT2D eigenvalue weighted by Crippen LogP contribution is 2.27. The Morgan fingerprint density at radius 1 is 1.12 bits per heavy atom. The quantitative estimate of drug-likeness (QED) is 0.429. The van der Waals surface area contributed by atoms with E-state index in [0.29, 0.717) is 28.2 Å². The summed E-state index contributed by atoms with van der Waals surface area (Å²) in [7, 11) is 0. The van der Waals surface area contributed by atoms with E-state index in [-0.39, 0.29) is 17.7 Å². The summed E-state index contributed by atoms with van der Waals surface area (Å²) in [5.74, 6) is -0.193. The predicted octanol–water partition coefficient (Wildman–Crippen LogP) is 5.18. The van der Waals surface area contributed by atoms with Crippen molar-refractivity contribution in [3.8, 4) is 17.0 Å². The van der Waals surface area contributed by atoms with Crippen molar-refractivity contribution >= 4 is 28.3 Å². The standard InChI is InChI=1S/C25H22FN3O2S/c26-22-10-4-3-9-20(22)23-16-32-25(27-14-18-7-5-13-31-18)29(23)28-15-21-19-8-2-1-6-17(19)11-12-24(21)30/h1-4,6,8-12,15-16,18,30H,5,7,13-14H2/b27-25?,28-15+/t18-/m1/s1. The summed E-state index contributed by atoms with van der Waals surface area (Å²) < 4.78 is 21.9. The van der Waals surface area contributed by atoms with Crippen molar-refractivity contribution in [2.45, 2.75) is 18.9 Å². The third kappa shape index (κ3) is 4.09. The van der Waals surface area contributed by atoms with Gasteiger partial charge in [0.05, 0.1) is 24.6 Å². The topological polar surface area (TPSA) is 59.1 Å². The highest BCUT2D eigenvalue weighted by molar-refractivity contribution is 7.07. The van der Waals surface area contributed by atoms with Gasteiger partial charge < -0.3 is 9.84 Å². The summed E-state index contributed by atoms with van der Waals surface area (Å²) in [6.07, 6.45) is 3.75. The molecule has 162 valence electrons. The second-order valence-corrected chi connectivity index (χ2v) is 8.47. The molecule has 1 aliphatic heterocycles. The number of rotatable bonds is 5. The zero-order chi connectivity index (χ0) is 21.9. The molecule has 7 heteroatoms. The van der Waals surface area contributed by atoms with Crippen molar-refractivity contribution in [1.82, 2.24) is 4.68 Å². The summed E-state index contributed by atoms with van der Waals surface area (Å²) >= 11 is 1.40. The molecule has 0 unspecified atom stereocenters. The number of halogens is 1. The van der Waals surface area contributed by atoms with Crippen LogP contribution >= 0.6 is 11.3 Å². The van der Waals surface area contributed by atoms with Crippen molar-refractivity contribution in [1.29, 1.82) is 0 Å². The first-order chi connectivity index (χ1) is 15.7. The van der Waals surface area contributed by atoms with Crippen molar-refractivity contribution < 1.29 is 14.2 Å². The van der Waals surface area contributed by atoms with Crippen LogP contribution in [-0.2, 0) is 4.74 Å². The number of fused-ring (bicyclic) bond motifs is 1. The molecular weight excluding hydrogens is 425 g/mol. The fourth-order valence-corrected chi connectivity index (χ4v) is 4.72. The maximum atomic E-state index is 14.6. The van der Waals surface area contributed by atoms with Crippen LogP contribution in [0.1, 0.15) is 18.4 Å². The molecule has 4 aromatic rings. The number of aromatic hydroxyl groups is 1. The van der Waals surface area contributed by atoms with Crippen molar-refractivity contribution in [2.24, 2.45) is 10.1 Å². The van der Waals surface area contributed by atoms with E-state index in [4.69, 9.17) is 9.73 Å². The second kappa shape index (κ2) is 9.06. The molecule has 5 nitrogen and oxygen atoms in total. The largest absolute Gasteiger partial charge is 0.507 e. The fourth-order valence-electron chi connectivity index (χ4n) is 3.88. The molecule has 1 aliphatic rings. The lowest BCUT2D eigenvalue weighted by Crippen LogP contribution is -2.17. The lowest BCUT2D eigenvalue weighted by molar-refractivity contribution is 0.117. The van der Waals surface area contributed by atoms with E-state index in [1.54, 1.807) is 35.2 Å². The molecular formula is C25H22FN3O2S. The summed E-state index contributed by atoms with van der Waals surface area (Å²) in [5.41, 5.74) is 1.66. The summed E-state index contributed by atoms with van der Waals surface area (Å²) in [5, 5.41) is 18.9. The van der Waals surface area contributed by atoms with Crippen LogP contribution in [0.25, 0.3) is 22.0 Å². The maximum absolute atomic E-state index is 14.6. The van der Waals surface area contributed by atoms with E-state index in [0.717, 1.165) is 30.2 Å². The van der Waals surface area contributed by atoms with Crippen LogP contribution in [0.5, 0.6) is 5.75 Å². The third-order valence-corrected chi connectivity index (χ3v) is 6.39. The van der Waals surface area contributed by atoms with E-state index in [2.05, 4.69) is 5.10 Å². The Morgan fingerprint density at radius 3 is 2.81 bits per heavy atom. The highest BCUT2D eigenvalue weighted by atomic mass is 32.1. The minimum atomic E-state index is -0.326. The van der Waals surface area contributed by atoms with Crippen molar-refractivity contribution in [3.05, 3.63) is 82.2 Å². The van der Waals surface area contributed by atoms with Crippen molar-refractivity contribution in [3.63, 3.8) is 0 Å². The Labute approximate surface area is 188 Å². The van der Waals surface area contributed by atoms with Gasteiger partial charge in [-0.3, -0.25) is 4.99 Å². The molecule has 1 aromatic heterocycles. The van der Waals surface area contributed by atoms with Crippen LogP contribution in [0.15, 0.2) is 76.1 Å². The normalized spacial score (nSPS) is 17.0. The summed E-state index contributed by atoms with van der Waals surface area (Å²) in [6.45, 7) is 1.30. The molecule has 0 aliphatic carbocycles. The highest BCUT2D eigenvalue weighted by Gasteiger charge is 2.16. The Kier molecular flexibility index (Phi) is 5.83. The molecule has 5 rings (SSSR count). The fraction of sp³-hybridized carbons (Fsp3) is 0.200. The number of nitrogens with zero attached hydrogens (tertiary/aromatic N) is 3. The van der Waals surface area contributed by atoms with Gasteiger partial charge in [-0.1, -0.05) is 42.5 Å². The second-order valence-electron chi connectivity index (χ2n) is 7.63. The predicted molar refractivity (Wildman–Crippen MR) is 126 cm³/mol. The summed E-state index contributed by atoms with van der Waals surface area (Å²) in [4.78, 5) is 5.37. The van der Waals surface area contributed by atoms with Gasteiger partial charge in [-0.2, -0.15) is 5.10 Å². The van der Waals surface area contributed by atoms with Gasteiger partial charge in [0.15, 0.2) is 0 Å². The number of thiazole rings is 1. The minimum Gasteiger partial charge on any atom is -0.507 e. The lowest BCUT2D eigenvalue weighted by atomic mass is 10.0. The van der Waals surface area contributed by atoms with Gasteiger partial charge in [0.25, 0.3) is 0 Å². The average molecular weight is 448 g/mol. The van der Waals surface area contributed by atoms with Crippen LogP contribution < -0.4 is 4.80 Å². The molecule has 3 aromatic carbocycles. The summed E-state index contributed by atoms with van der Waals surface area (Å²) in [6, 6.07) is 17.9. The SMILES string of the molecule is Oc1ccc2ccccc2c1/C=N/n1c(-c2ccccc2F)csc1=NC[C@H]1CCCO1. The van der Waals surface area contributed by atoms with Gasteiger partial charge in [-0.15, -0.1) is 11.3 Å². The molecule has 1 fully saturated rings. The first kappa shape index (κ1) is 20.6.